The molecule has 2 heterocycles. The first kappa shape index (κ1) is 15.0. The molecule has 2 aromatic rings. The van der Waals surface area contributed by atoms with E-state index in [1.165, 1.54) is 21.6 Å². The van der Waals surface area contributed by atoms with Crippen LogP contribution in [-0.2, 0) is 13.1 Å². The molecular formula is C10H18N8S2. The second kappa shape index (κ2) is 6.84. The van der Waals surface area contributed by atoms with E-state index >= 15 is 0 Å². The number of nitrogen functional groups attached to an aromatic ring is 2. The predicted octanol–water partition coefficient (Wildman–Crippen LogP) is 1.65. The molecule has 0 saturated carbocycles. The van der Waals surface area contributed by atoms with Crippen LogP contribution in [0, 0.1) is 0 Å². The average molecular weight is 314 g/mol. The molecule has 0 saturated heterocycles. The first-order valence-electron chi connectivity index (χ1n) is 6.39. The Kier molecular flexibility index (Phi) is 5.12. The lowest BCUT2D eigenvalue weighted by atomic mass is 10.5. The summed E-state index contributed by atoms with van der Waals surface area (Å²) in [5.41, 5.74) is 11.6. The Hall–Kier alpha value is -1.42. The van der Waals surface area contributed by atoms with Gasteiger partial charge >= 0.3 is 0 Å². The molecule has 0 fully saturated rings. The van der Waals surface area contributed by atoms with Crippen molar-refractivity contribution in [2.24, 2.45) is 0 Å². The van der Waals surface area contributed by atoms with Crippen LogP contribution in [0.5, 0.6) is 0 Å². The van der Waals surface area contributed by atoms with Gasteiger partial charge in [-0.25, -0.2) is 9.36 Å². The molecule has 0 aliphatic rings. The Bertz CT molecular complexity index is 513. The number of nitrogens with zero attached hydrogens (tertiary/aromatic N) is 6. The number of aromatic nitrogens is 6. The number of nitrogens with two attached hydrogens (primary N) is 2. The third kappa shape index (κ3) is 3.57. The fraction of sp³-hybridized carbons (Fsp3) is 0.600. The van der Waals surface area contributed by atoms with Gasteiger partial charge < -0.3 is 11.5 Å². The van der Waals surface area contributed by atoms with Gasteiger partial charge in [0.1, 0.15) is 0 Å². The molecule has 0 amide bonds. The highest BCUT2D eigenvalue weighted by molar-refractivity contribution is 8.76. The highest BCUT2D eigenvalue weighted by Crippen LogP contribution is 2.34. The summed E-state index contributed by atoms with van der Waals surface area (Å²) in [6.07, 6.45) is 1.93. The molecule has 4 N–H and O–H groups in total. The Morgan fingerprint density at radius 3 is 1.60 bits per heavy atom. The maximum atomic E-state index is 5.78. The van der Waals surface area contributed by atoms with Crippen molar-refractivity contribution in [3.8, 4) is 0 Å². The van der Waals surface area contributed by atoms with Crippen molar-refractivity contribution in [1.82, 2.24) is 29.5 Å². The molecule has 0 spiro atoms. The minimum absolute atomic E-state index is 0.430. The van der Waals surface area contributed by atoms with Crippen LogP contribution in [0.2, 0.25) is 0 Å². The second-order valence-electron chi connectivity index (χ2n) is 4.12. The van der Waals surface area contributed by atoms with Gasteiger partial charge in [0, 0.05) is 13.1 Å². The van der Waals surface area contributed by atoms with Gasteiger partial charge in [-0.1, -0.05) is 13.8 Å². The van der Waals surface area contributed by atoms with Crippen molar-refractivity contribution in [2.75, 3.05) is 11.5 Å². The van der Waals surface area contributed by atoms with E-state index in [-0.39, 0.29) is 0 Å². The van der Waals surface area contributed by atoms with Gasteiger partial charge in [-0.05, 0) is 34.4 Å². The maximum absolute atomic E-state index is 5.78. The van der Waals surface area contributed by atoms with Gasteiger partial charge in [0.15, 0.2) is 0 Å². The van der Waals surface area contributed by atoms with Crippen molar-refractivity contribution in [3.63, 3.8) is 0 Å². The maximum Gasteiger partial charge on any atom is 0.221 e. The van der Waals surface area contributed by atoms with Crippen LogP contribution in [0.15, 0.2) is 10.3 Å². The standard InChI is InChI=1S/C10H18N8S2/c1-3-5-17-7(11)13-9(15-17)19-20-10-14-8(12)18(16-10)6-4-2/h3-6H2,1-2H3,(H2,11,13,15)(H2,12,14,16). The summed E-state index contributed by atoms with van der Waals surface area (Å²) in [6, 6.07) is 0. The van der Waals surface area contributed by atoms with E-state index in [1.807, 2.05) is 0 Å². The summed E-state index contributed by atoms with van der Waals surface area (Å²) in [5, 5.41) is 9.82. The summed E-state index contributed by atoms with van der Waals surface area (Å²) in [6.45, 7) is 5.66. The Morgan fingerprint density at radius 2 is 1.25 bits per heavy atom. The van der Waals surface area contributed by atoms with E-state index in [9.17, 15) is 0 Å². The molecule has 0 atom stereocenters. The molecule has 0 aromatic carbocycles. The van der Waals surface area contributed by atoms with Crippen LogP contribution >= 0.6 is 21.6 Å². The van der Waals surface area contributed by atoms with Gasteiger partial charge in [-0.2, -0.15) is 9.97 Å². The van der Waals surface area contributed by atoms with Gasteiger partial charge in [0.2, 0.25) is 22.2 Å². The first-order chi connectivity index (χ1) is 9.63. The van der Waals surface area contributed by atoms with Crippen molar-refractivity contribution in [3.05, 3.63) is 0 Å². The van der Waals surface area contributed by atoms with Gasteiger partial charge in [-0.3, -0.25) is 0 Å². The number of hydrogen-bond acceptors (Lipinski definition) is 8. The molecule has 110 valence electrons. The summed E-state index contributed by atoms with van der Waals surface area (Å²) in [5.74, 6) is 0.859. The molecule has 0 bridgehead atoms. The van der Waals surface area contributed by atoms with Crippen LogP contribution in [0.3, 0.4) is 0 Å². The number of aryl methyl sites for hydroxylation is 2. The SMILES string of the molecule is CCCn1nc(SSc2nc(N)n(CCC)n2)nc1N. The zero-order chi connectivity index (χ0) is 14.5. The van der Waals surface area contributed by atoms with Crippen molar-refractivity contribution < 1.29 is 0 Å². The fourth-order valence-electron chi connectivity index (χ4n) is 1.56. The van der Waals surface area contributed by atoms with E-state index in [4.69, 9.17) is 11.5 Å². The summed E-state index contributed by atoms with van der Waals surface area (Å²) >= 11 is 0. The third-order valence-electron chi connectivity index (χ3n) is 2.42. The monoisotopic (exact) mass is 314 g/mol. The number of anilines is 2. The smallest absolute Gasteiger partial charge is 0.221 e. The predicted molar refractivity (Wildman–Crippen MR) is 81.2 cm³/mol. The molecule has 20 heavy (non-hydrogen) atoms. The topological polar surface area (TPSA) is 113 Å². The average Bonchev–Trinajstić information content (AvgIpc) is 2.93. The zero-order valence-electron chi connectivity index (χ0n) is 11.5. The number of hydrogen-bond donors (Lipinski definition) is 2. The molecular weight excluding hydrogens is 296 g/mol. The number of rotatable bonds is 7. The Balaban J connectivity index is 1.98. The molecule has 8 nitrogen and oxygen atoms in total. The van der Waals surface area contributed by atoms with E-state index in [0.717, 1.165) is 25.9 Å². The molecule has 0 aliphatic carbocycles. The Labute approximate surface area is 125 Å². The van der Waals surface area contributed by atoms with Crippen LogP contribution in [0.1, 0.15) is 26.7 Å². The molecule has 0 radical (unpaired) electrons. The molecule has 0 unspecified atom stereocenters. The van der Waals surface area contributed by atoms with E-state index in [0.29, 0.717) is 22.2 Å². The molecule has 0 aliphatic heterocycles. The van der Waals surface area contributed by atoms with Crippen LogP contribution in [0.4, 0.5) is 11.9 Å². The van der Waals surface area contributed by atoms with Gasteiger partial charge in [-0.15, -0.1) is 10.2 Å². The quantitative estimate of drug-likeness (QED) is 0.742. The lowest BCUT2D eigenvalue weighted by molar-refractivity contribution is 0.597. The van der Waals surface area contributed by atoms with Gasteiger partial charge in [0.25, 0.3) is 0 Å². The van der Waals surface area contributed by atoms with E-state index in [2.05, 4.69) is 34.0 Å². The fourth-order valence-corrected chi connectivity index (χ4v) is 3.11. The lowest BCUT2D eigenvalue weighted by Gasteiger charge is -1.97. The lowest BCUT2D eigenvalue weighted by Crippen LogP contribution is -2.04. The third-order valence-corrected chi connectivity index (χ3v) is 4.30. The molecule has 10 heteroatoms. The van der Waals surface area contributed by atoms with Crippen LogP contribution < -0.4 is 11.5 Å². The summed E-state index contributed by atoms with van der Waals surface area (Å²) in [7, 11) is 2.75. The summed E-state index contributed by atoms with van der Waals surface area (Å²) < 4.78 is 3.39. The normalized spacial score (nSPS) is 11.1. The Morgan fingerprint density at radius 1 is 0.850 bits per heavy atom. The summed E-state index contributed by atoms with van der Waals surface area (Å²) in [4.78, 5) is 8.38. The minimum Gasteiger partial charge on any atom is -0.368 e. The zero-order valence-corrected chi connectivity index (χ0v) is 13.1. The van der Waals surface area contributed by atoms with Crippen LogP contribution in [-0.4, -0.2) is 29.5 Å². The van der Waals surface area contributed by atoms with Crippen molar-refractivity contribution in [1.29, 1.82) is 0 Å². The van der Waals surface area contributed by atoms with E-state index < -0.39 is 0 Å². The highest BCUT2D eigenvalue weighted by atomic mass is 33.1. The van der Waals surface area contributed by atoms with E-state index in [1.54, 1.807) is 9.36 Å². The molecule has 2 aromatic heterocycles. The van der Waals surface area contributed by atoms with Gasteiger partial charge in [0.05, 0.1) is 0 Å². The van der Waals surface area contributed by atoms with Crippen molar-refractivity contribution >= 4 is 33.5 Å². The largest absolute Gasteiger partial charge is 0.368 e. The second-order valence-corrected chi connectivity index (χ2v) is 6.18. The molecule has 2 rings (SSSR count). The first-order valence-corrected chi connectivity index (χ1v) is 8.54. The minimum atomic E-state index is 0.430. The van der Waals surface area contributed by atoms with Crippen LogP contribution in [0.25, 0.3) is 0 Å². The van der Waals surface area contributed by atoms with Crippen molar-refractivity contribution in [2.45, 2.75) is 50.1 Å². The highest BCUT2D eigenvalue weighted by Gasteiger charge is 2.11.